The van der Waals surface area contributed by atoms with Crippen molar-refractivity contribution in [2.75, 3.05) is 0 Å². The molecule has 0 saturated heterocycles. The van der Waals surface area contributed by atoms with E-state index in [0.717, 1.165) is 49.9 Å². The molecule has 0 amide bonds. The summed E-state index contributed by atoms with van der Waals surface area (Å²) in [5.41, 5.74) is 0. The number of esters is 1. The molecule has 0 spiro atoms. The van der Waals surface area contributed by atoms with E-state index in [1.807, 2.05) is 0 Å². The first-order chi connectivity index (χ1) is 11.8. The van der Waals surface area contributed by atoms with Crippen molar-refractivity contribution >= 4 is 5.97 Å². The van der Waals surface area contributed by atoms with Gasteiger partial charge >= 0.3 is 5.97 Å². The van der Waals surface area contributed by atoms with Crippen LogP contribution in [-0.2, 0) is 9.53 Å². The number of carbonyl (C=O) groups is 1. The lowest BCUT2D eigenvalue weighted by molar-refractivity contribution is -0.156. The number of allylic oxidation sites excluding steroid dienone is 2. The molecular formula is C22H36O2. The molecule has 0 aromatic heterocycles. The van der Waals surface area contributed by atoms with Gasteiger partial charge in [0.15, 0.2) is 0 Å². The molecule has 1 unspecified atom stereocenters. The normalized spacial score (nSPS) is 37.1. The Bertz CT molecular complexity index is 412. The highest BCUT2D eigenvalue weighted by Crippen LogP contribution is 2.41. The summed E-state index contributed by atoms with van der Waals surface area (Å²) in [5.74, 6) is 3.07. The smallest absolute Gasteiger partial charge is 0.309 e. The zero-order valence-corrected chi connectivity index (χ0v) is 15.6. The topological polar surface area (TPSA) is 26.3 Å². The zero-order chi connectivity index (χ0) is 16.8. The highest BCUT2D eigenvalue weighted by molar-refractivity contribution is 5.73. The lowest BCUT2D eigenvalue weighted by Crippen LogP contribution is -2.31. The van der Waals surface area contributed by atoms with Crippen LogP contribution in [0, 0.1) is 23.7 Å². The number of carbonyl (C=O) groups excluding carboxylic acids is 1. The van der Waals surface area contributed by atoms with Crippen molar-refractivity contribution in [1.82, 2.24) is 0 Å². The molecule has 2 fully saturated rings. The van der Waals surface area contributed by atoms with Crippen LogP contribution in [0.15, 0.2) is 12.2 Å². The summed E-state index contributed by atoms with van der Waals surface area (Å²) in [6.07, 6.45) is 20.8. The Kier molecular flexibility index (Phi) is 6.80. The molecule has 136 valence electrons. The van der Waals surface area contributed by atoms with Crippen molar-refractivity contribution < 1.29 is 9.53 Å². The Morgan fingerprint density at radius 1 is 0.917 bits per heavy atom. The third-order valence-electron chi connectivity index (χ3n) is 6.86. The van der Waals surface area contributed by atoms with E-state index in [1.165, 1.54) is 51.4 Å². The van der Waals surface area contributed by atoms with Gasteiger partial charge < -0.3 is 4.74 Å². The maximum atomic E-state index is 12.3. The summed E-state index contributed by atoms with van der Waals surface area (Å²) >= 11 is 0. The van der Waals surface area contributed by atoms with E-state index in [0.29, 0.717) is 0 Å². The van der Waals surface area contributed by atoms with Gasteiger partial charge in [-0.2, -0.15) is 0 Å². The average Bonchev–Trinajstić information content (AvgIpc) is 2.64. The molecule has 0 heterocycles. The molecule has 0 N–H and O–H groups in total. The molecule has 0 radical (unpaired) electrons. The SMILES string of the molecule is CCCC1CCC(C2CCC(OC(=O)C3CC=CCC3)CC2)CC1. The number of ether oxygens (including phenoxy) is 1. The summed E-state index contributed by atoms with van der Waals surface area (Å²) in [4.78, 5) is 12.3. The Morgan fingerprint density at radius 2 is 1.58 bits per heavy atom. The van der Waals surface area contributed by atoms with Crippen molar-refractivity contribution in [1.29, 1.82) is 0 Å². The number of hydrogen-bond acceptors (Lipinski definition) is 2. The van der Waals surface area contributed by atoms with Crippen LogP contribution in [0.5, 0.6) is 0 Å². The van der Waals surface area contributed by atoms with Gasteiger partial charge in [0.05, 0.1) is 5.92 Å². The molecule has 0 aromatic carbocycles. The summed E-state index contributed by atoms with van der Waals surface area (Å²) in [7, 11) is 0. The second-order valence-corrected chi connectivity index (χ2v) is 8.52. The molecular weight excluding hydrogens is 296 g/mol. The summed E-state index contributed by atoms with van der Waals surface area (Å²) in [6, 6.07) is 0. The van der Waals surface area contributed by atoms with E-state index in [2.05, 4.69) is 19.1 Å². The van der Waals surface area contributed by atoms with Gasteiger partial charge in [-0.1, -0.05) is 44.8 Å². The van der Waals surface area contributed by atoms with E-state index < -0.39 is 0 Å². The minimum absolute atomic E-state index is 0.0721. The van der Waals surface area contributed by atoms with Crippen LogP contribution >= 0.6 is 0 Å². The fourth-order valence-electron chi connectivity index (χ4n) is 5.30. The predicted octanol–water partition coefficient (Wildman–Crippen LogP) is 6.05. The highest BCUT2D eigenvalue weighted by Gasteiger charge is 2.32. The van der Waals surface area contributed by atoms with Crippen LogP contribution in [0.4, 0.5) is 0 Å². The molecule has 2 saturated carbocycles. The highest BCUT2D eigenvalue weighted by atomic mass is 16.5. The van der Waals surface area contributed by atoms with E-state index in [9.17, 15) is 4.79 Å². The molecule has 24 heavy (non-hydrogen) atoms. The second kappa shape index (κ2) is 9.06. The number of rotatable bonds is 5. The third kappa shape index (κ3) is 4.86. The number of hydrogen-bond donors (Lipinski definition) is 0. The lowest BCUT2D eigenvalue weighted by Gasteiger charge is -2.38. The Labute approximate surface area is 148 Å². The van der Waals surface area contributed by atoms with Gasteiger partial charge in [-0.15, -0.1) is 0 Å². The summed E-state index contributed by atoms with van der Waals surface area (Å²) < 4.78 is 5.84. The monoisotopic (exact) mass is 332 g/mol. The first-order valence-electron chi connectivity index (χ1n) is 10.6. The van der Waals surface area contributed by atoms with Crippen LogP contribution in [0.25, 0.3) is 0 Å². The van der Waals surface area contributed by atoms with Crippen molar-refractivity contribution in [3.8, 4) is 0 Å². The summed E-state index contributed by atoms with van der Waals surface area (Å²) in [6.45, 7) is 2.32. The first kappa shape index (κ1) is 18.0. The van der Waals surface area contributed by atoms with Crippen LogP contribution in [0.2, 0.25) is 0 Å². The summed E-state index contributed by atoms with van der Waals surface area (Å²) in [5, 5.41) is 0. The van der Waals surface area contributed by atoms with E-state index in [4.69, 9.17) is 4.74 Å². The Morgan fingerprint density at radius 3 is 2.17 bits per heavy atom. The third-order valence-corrected chi connectivity index (χ3v) is 6.86. The molecule has 3 rings (SSSR count). The fraction of sp³-hybridized carbons (Fsp3) is 0.864. The minimum atomic E-state index is 0.0721. The molecule has 3 aliphatic carbocycles. The van der Waals surface area contributed by atoms with Crippen molar-refractivity contribution in [2.24, 2.45) is 23.7 Å². The standard InChI is InChI=1S/C22H36O2/c1-2-6-17-9-11-18(12-10-17)19-13-15-21(16-14-19)24-22(23)20-7-4-3-5-8-20/h3-4,17-21H,2,5-16H2,1H3. The minimum Gasteiger partial charge on any atom is -0.462 e. The largest absolute Gasteiger partial charge is 0.462 e. The van der Waals surface area contributed by atoms with Crippen molar-refractivity contribution in [3.63, 3.8) is 0 Å². The molecule has 0 aliphatic heterocycles. The van der Waals surface area contributed by atoms with Gasteiger partial charge in [0.25, 0.3) is 0 Å². The maximum absolute atomic E-state index is 12.3. The van der Waals surface area contributed by atoms with E-state index in [-0.39, 0.29) is 18.0 Å². The molecule has 0 bridgehead atoms. The van der Waals surface area contributed by atoms with E-state index >= 15 is 0 Å². The fourth-order valence-corrected chi connectivity index (χ4v) is 5.30. The zero-order valence-electron chi connectivity index (χ0n) is 15.6. The van der Waals surface area contributed by atoms with Gasteiger partial charge in [-0.05, 0) is 75.5 Å². The van der Waals surface area contributed by atoms with Crippen molar-refractivity contribution in [2.45, 2.75) is 96.5 Å². The molecule has 2 nitrogen and oxygen atoms in total. The van der Waals surface area contributed by atoms with Crippen LogP contribution in [0.3, 0.4) is 0 Å². The van der Waals surface area contributed by atoms with Gasteiger partial charge in [0, 0.05) is 0 Å². The molecule has 3 aliphatic rings. The maximum Gasteiger partial charge on any atom is 0.309 e. The van der Waals surface area contributed by atoms with Crippen molar-refractivity contribution in [3.05, 3.63) is 12.2 Å². The van der Waals surface area contributed by atoms with Crippen LogP contribution in [0.1, 0.15) is 90.4 Å². The van der Waals surface area contributed by atoms with Crippen LogP contribution in [-0.4, -0.2) is 12.1 Å². The lowest BCUT2D eigenvalue weighted by atomic mass is 9.70. The predicted molar refractivity (Wildman–Crippen MR) is 98.7 cm³/mol. The first-order valence-corrected chi connectivity index (χ1v) is 10.6. The quantitative estimate of drug-likeness (QED) is 0.452. The van der Waals surface area contributed by atoms with Gasteiger partial charge in [0.1, 0.15) is 6.10 Å². The van der Waals surface area contributed by atoms with Gasteiger partial charge in [-0.3, -0.25) is 4.79 Å². The van der Waals surface area contributed by atoms with Crippen LogP contribution < -0.4 is 0 Å². The average molecular weight is 333 g/mol. The van der Waals surface area contributed by atoms with E-state index in [1.54, 1.807) is 0 Å². The molecule has 1 atom stereocenters. The van der Waals surface area contributed by atoms with Gasteiger partial charge in [0.2, 0.25) is 0 Å². The Hall–Kier alpha value is -0.790. The molecule has 2 heteroatoms. The molecule has 0 aromatic rings. The Balaban J connectivity index is 1.37. The second-order valence-electron chi connectivity index (χ2n) is 8.52. The van der Waals surface area contributed by atoms with Gasteiger partial charge in [-0.25, -0.2) is 0 Å².